The lowest BCUT2D eigenvalue weighted by Crippen LogP contribution is -2.03. The van der Waals surface area contributed by atoms with Crippen molar-refractivity contribution in [2.45, 2.75) is 20.8 Å². The monoisotopic (exact) mass is 359 g/mol. The topological polar surface area (TPSA) is 48.5 Å². The number of carbonyl (C=O) groups excluding carboxylic acids is 1. The Hall–Kier alpha value is -3.34. The van der Waals surface area contributed by atoms with E-state index >= 15 is 0 Å². The van der Waals surface area contributed by atoms with Crippen LogP contribution in [-0.2, 0) is 4.74 Å². The molecule has 3 aromatic heterocycles. The molecule has 3 heterocycles. The highest BCUT2D eigenvalue weighted by Crippen LogP contribution is 2.29. The Kier molecular flexibility index (Phi) is 4.07. The summed E-state index contributed by atoms with van der Waals surface area (Å²) in [5, 5.41) is 0. The Balaban J connectivity index is 1.78. The molecule has 0 atom stereocenters. The lowest BCUT2D eigenvalue weighted by atomic mass is 10.2. The summed E-state index contributed by atoms with van der Waals surface area (Å²) in [6.07, 6.45) is 4.14. The number of nitrogens with zero attached hydrogens (tertiary/aromatic N) is 3. The number of hydrogen-bond donors (Lipinski definition) is 0. The quantitative estimate of drug-likeness (QED) is 0.506. The minimum absolute atomic E-state index is 0.330. The third kappa shape index (κ3) is 2.91. The third-order valence-electron chi connectivity index (χ3n) is 4.85. The van der Waals surface area contributed by atoms with Gasteiger partial charge >= 0.3 is 5.97 Å². The van der Waals surface area contributed by atoms with E-state index in [0.29, 0.717) is 5.56 Å². The molecule has 5 heteroatoms. The number of imidazole rings is 1. The van der Waals surface area contributed by atoms with Crippen LogP contribution in [0.15, 0.2) is 54.9 Å². The molecule has 27 heavy (non-hydrogen) atoms. The SMILES string of the molecule is COC(=O)c1ccc(-n2c(C)cc(-c3cn4cc(C)ccc4n3)c2C)cc1. The van der Waals surface area contributed by atoms with Gasteiger partial charge in [0.2, 0.25) is 0 Å². The predicted octanol–water partition coefficient (Wildman–Crippen LogP) is 4.50. The molecule has 0 fully saturated rings. The van der Waals surface area contributed by atoms with Crippen molar-refractivity contribution in [1.29, 1.82) is 0 Å². The Morgan fingerprint density at radius 1 is 1.00 bits per heavy atom. The zero-order valence-corrected chi connectivity index (χ0v) is 15.9. The highest BCUT2D eigenvalue weighted by molar-refractivity contribution is 5.89. The van der Waals surface area contributed by atoms with E-state index in [4.69, 9.17) is 9.72 Å². The van der Waals surface area contributed by atoms with Crippen molar-refractivity contribution >= 4 is 11.6 Å². The van der Waals surface area contributed by atoms with Gasteiger partial charge in [-0.1, -0.05) is 6.07 Å². The number of methoxy groups -OCH3 is 1. The summed E-state index contributed by atoms with van der Waals surface area (Å²) in [5.41, 5.74) is 7.95. The molecule has 0 N–H and O–H groups in total. The van der Waals surface area contributed by atoms with Crippen molar-refractivity contribution in [3.05, 3.63) is 77.4 Å². The minimum atomic E-state index is -0.330. The molecule has 1 aromatic carbocycles. The fourth-order valence-corrected chi connectivity index (χ4v) is 3.52. The van der Waals surface area contributed by atoms with Crippen LogP contribution in [0.4, 0.5) is 0 Å². The summed E-state index contributed by atoms with van der Waals surface area (Å²) in [7, 11) is 1.39. The molecule has 0 aliphatic heterocycles. The number of aromatic nitrogens is 3. The van der Waals surface area contributed by atoms with E-state index in [1.807, 2.05) is 18.2 Å². The van der Waals surface area contributed by atoms with Crippen LogP contribution in [0.2, 0.25) is 0 Å². The fourth-order valence-electron chi connectivity index (χ4n) is 3.52. The van der Waals surface area contributed by atoms with Crippen LogP contribution in [0.1, 0.15) is 27.3 Å². The average Bonchev–Trinajstić information content (AvgIpc) is 3.21. The molecular weight excluding hydrogens is 338 g/mol. The molecule has 136 valence electrons. The molecule has 0 spiro atoms. The first-order chi connectivity index (χ1) is 13.0. The molecular formula is C22H21N3O2. The third-order valence-corrected chi connectivity index (χ3v) is 4.85. The molecule has 0 saturated heterocycles. The van der Waals surface area contributed by atoms with Gasteiger partial charge in [0, 0.05) is 35.0 Å². The molecule has 0 radical (unpaired) electrons. The second-order valence-electron chi connectivity index (χ2n) is 6.76. The van der Waals surface area contributed by atoms with Crippen LogP contribution in [0.5, 0.6) is 0 Å². The van der Waals surface area contributed by atoms with Crippen LogP contribution >= 0.6 is 0 Å². The highest BCUT2D eigenvalue weighted by atomic mass is 16.5. The van der Waals surface area contributed by atoms with Crippen molar-refractivity contribution in [2.24, 2.45) is 0 Å². The zero-order chi connectivity index (χ0) is 19.1. The first kappa shape index (κ1) is 17.1. The summed E-state index contributed by atoms with van der Waals surface area (Å²) in [6.45, 7) is 6.24. The molecule has 0 bridgehead atoms. The maximum Gasteiger partial charge on any atom is 0.337 e. The highest BCUT2D eigenvalue weighted by Gasteiger charge is 2.15. The Bertz CT molecular complexity index is 1150. The van der Waals surface area contributed by atoms with Gasteiger partial charge in [-0.3, -0.25) is 0 Å². The van der Waals surface area contributed by atoms with Crippen LogP contribution in [-0.4, -0.2) is 27.0 Å². The molecule has 0 aliphatic rings. The van der Waals surface area contributed by atoms with Gasteiger partial charge < -0.3 is 13.7 Å². The van der Waals surface area contributed by atoms with Crippen LogP contribution < -0.4 is 0 Å². The van der Waals surface area contributed by atoms with Gasteiger partial charge in [0.15, 0.2) is 0 Å². The van der Waals surface area contributed by atoms with E-state index in [0.717, 1.165) is 34.0 Å². The maximum absolute atomic E-state index is 11.7. The van der Waals surface area contributed by atoms with Gasteiger partial charge in [0.1, 0.15) is 5.65 Å². The number of rotatable bonds is 3. The van der Waals surface area contributed by atoms with E-state index in [1.54, 1.807) is 12.1 Å². The largest absolute Gasteiger partial charge is 0.465 e. The number of hydrogen-bond acceptors (Lipinski definition) is 3. The van der Waals surface area contributed by atoms with Gasteiger partial charge in [0.25, 0.3) is 0 Å². The van der Waals surface area contributed by atoms with E-state index in [-0.39, 0.29) is 5.97 Å². The number of aryl methyl sites for hydroxylation is 2. The summed E-state index contributed by atoms with van der Waals surface area (Å²) < 4.78 is 9.00. The van der Waals surface area contributed by atoms with E-state index in [1.165, 1.54) is 12.7 Å². The Labute approximate surface area is 157 Å². The Morgan fingerprint density at radius 3 is 2.44 bits per heavy atom. The van der Waals surface area contributed by atoms with E-state index in [9.17, 15) is 4.79 Å². The molecule has 5 nitrogen and oxygen atoms in total. The van der Waals surface area contributed by atoms with Gasteiger partial charge in [-0.05, 0) is 62.7 Å². The van der Waals surface area contributed by atoms with E-state index < -0.39 is 0 Å². The molecule has 0 amide bonds. The lowest BCUT2D eigenvalue weighted by Gasteiger charge is -2.10. The van der Waals surface area contributed by atoms with Crippen LogP contribution in [0, 0.1) is 20.8 Å². The number of esters is 1. The standard InChI is InChI=1S/C22H21N3O2/c1-14-5-10-21-23-20(13-24(21)12-14)19-11-15(2)25(16(19)3)18-8-6-17(7-9-18)22(26)27-4/h5-13H,1-4H3. The van der Waals surface area contributed by atoms with E-state index in [2.05, 4.69) is 54.3 Å². The average molecular weight is 359 g/mol. The summed E-state index contributed by atoms with van der Waals surface area (Å²) >= 11 is 0. The number of carbonyl (C=O) groups is 1. The van der Waals surface area contributed by atoms with Crippen molar-refractivity contribution in [3.8, 4) is 16.9 Å². The number of fused-ring (bicyclic) bond motifs is 1. The number of benzene rings is 1. The van der Waals surface area contributed by atoms with Crippen molar-refractivity contribution in [1.82, 2.24) is 14.0 Å². The zero-order valence-electron chi connectivity index (χ0n) is 15.9. The first-order valence-electron chi connectivity index (χ1n) is 8.81. The number of pyridine rings is 1. The summed E-state index contributed by atoms with van der Waals surface area (Å²) in [5.74, 6) is -0.330. The fraction of sp³-hybridized carbons (Fsp3) is 0.182. The molecule has 0 saturated carbocycles. The van der Waals surface area contributed by atoms with Crippen molar-refractivity contribution in [3.63, 3.8) is 0 Å². The number of ether oxygens (including phenoxy) is 1. The normalized spacial score (nSPS) is 11.1. The Morgan fingerprint density at radius 2 is 1.74 bits per heavy atom. The van der Waals surface area contributed by atoms with Gasteiger partial charge in [-0.2, -0.15) is 0 Å². The van der Waals surface area contributed by atoms with Gasteiger partial charge in [-0.25, -0.2) is 9.78 Å². The second-order valence-corrected chi connectivity index (χ2v) is 6.76. The summed E-state index contributed by atoms with van der Waals surface area (Å²) in [4.78, 5) is 16.4. The van der Waals surface area contributed by atoms with Crippen molar-refractivity contribution in [2.75, 3.05) is 7.11 Å². The molecule has 0 unspecified atom stereocenters. The lowest BCUT2D eigenvalue weighted by molar-refractivity contribution is 0.0601. The maximum atomic E-state index is 11.7. The van der Waals surface area contributed by atoms with Gasteiger partial charge in [0.05, 0.1) is 18.4 Å². The van der Waals surface area contributed by atoms with Crippen LogP contribution in [0.25, 0.3) is 22.6 Å². The summed E-state index contributed by atoms with van der Waals surface area (Å²) in [6, 6.07) is 13.7. The predicted molar refractivity (Wildman–Crippen MR) is 106 cm³/mol. The van der Waals surface area contributed by atoms with Crippen LogP contribution in [0.3, 0.4) is 0 Å². The minimum Gasteiger partial charge on any atom is -0.465 e. The van der Waals surface area contributed by atoms with Gasteiger partial charge in [-0.15, -0.1) is 0 Å². The second kappa shape index (κ2) is 6.43. The first-order valence-corrected chi connectivity index (χ1v) is 8.81. The van der Waals surface area contributed by atoms with Crippen molar-refractivity contribution < 1.29 is 9.53 Å². The molecule has 0 aliphatic carbocycles. The smallest absolute Gasteiger partial charge is 0.337 e. The molecule has 4 aromatic rings. The molecule has 4 rings (SSSR count).